The molecular weight excluding hydrogens is 278 g/mol. The second kappa shape index (κ2) is 10.9. The highest BCUT2D eigenvalue weighted by molar-refractivity contribution is 5.79. The molecule has 0 aliphatic carbocycles. The maximum Gasteiger partial charge on any atom is 0.193 e. The van der Waals surface area contributed by atoms with Gasteiger partial charge in [-0.2, -0.15) is 0 Å². The smallest absolute Gasteiger partial charge is 0.193 e. The number of ether oxygens (including phenoxy) is 2. The van der Waals surface area contributed by atoms with Gasteiger partial charge >= 0.3 is 0 Å². The fraction of sp³-hybridized carbons (Fsp3) is 0.588. The normalized spacial score (nSPS) is 11.4. The number of hydrogen-bond acceptors (Lipinski definition) is 3. The fourth-order valence-electron chi connectivity index (χ4n) is 2.13. The summed E-state index contributed by atoms with van der Waals surface area (Å²) in [7, 11) is 5.50. The Labute approximate surface area is 134 Å². The van der Waals surface area contributed by atoms with Crippen molar-refractivity contribution in [3.8, 4) is 5.75 Å². The summed E-state index contributed by atoms with van der Waals surface area (Å²) in [4.78, 5) is 6.38. The standard InChI is InChI=1S/C17H29N3O2/c1-5-6-12-22-13-11-19-17(18-2)20(3)14-15-9-7-8-10-16(15)21-4/h7-10H,5-6,11-14H2,1-4H3,(H,18,19). The van der Waals surface area contributed by atoms with Gasteiger partial charge < -0.3 is 19.7 Å². The molecule has 0 atom stereocenters. The molecule has 124 valence electrons. The van der Waals surface area contributed by atoms with Crippen LogP contribution in [0.1, 0.15) is 25.3 Å². The summed E-state index contributed by atoms with van der Waals surface area (Å²) in [5, 5.41) is 3.31. The van der Waals surface area contributed by atoms with Crippen molar-refractivity contribution in [3.05, 3.63) is 29.8 Å². The molecule has 5 heteroatoms. The Hall–Kier alpha value is -1.75. The van der Waals surface area contributed by atoms with Crippen LogP contribution in [0.4, 0.5) is 0 Å². The summed E-state index contributed by atoms with van der Waals surface area (Å²) in [6.07, 6.45) is 2.28. The van der Waals surface area contributed by atoms with Crippen LogP contribution in [-0.2, 0) is 11.3 Å². The summed E-state index contributed by atoms with van der Waals surface area (Å²) in [5.74, 6) is 1.75. The number of para-hydroxylation sites is 1. The number of aliphatic imine (C=N–C) groups is 1. The van der Waals surface area contributed by atoms with Crippen LogP contribution < -0.4 is 10.1 Å². The van der Waals surface area contributed by atoms with E-state index >= 15 is 0 Å². The molecule has 0 unspecified atom stereocenters. The van der Waals surface area contributed by atoms with Crippen LogP contribution in [0.2, 0.25) is 0 Å². The van der Waals surface area contributed by atoms with Crippen LogP contribution in [0.3, 0.4) is 0 Å². The van der Waals surface area contributed by atoms with Gasteiger partial charge in [0.15, 0.2) is 5.96 Å². The van der Waals surface area contributed by atoms with E-state index < -0.39 is 0 Å². The summed E-state index contributed by atoms with van der Waals surface area (Å²) in [6.45, 7) is 5.18. The zero-order valence-electron chi connectivity index (χ0n) is 14.3. The third kappa shape index (κ3) is 6.35. The number of methoxy groups -OCH3 is 1. The molecule has 1 rings (SSSR count). The quantitative estimate of drug-likeness (QED) is 0.432. The molecule has 0 amide bonds. The number of benzene rings is 1. The zero-order valence-corrected chi connectivity index (χ0v) is 14.3. The Morgan fingerprint density at radius 3 is 2.73 bits per heavy atom. The van der Waals surface area contributed by atoms with Crippen LogP contribution in [0, 0.1) is 0 Å². The molecule has 0 saturated carbocycles. The van der Waals surface area contributed by atoms with Crippen LogP contribution in [-0.4, -0.2) is 51.8 Å². The lowest BCUT2D eigenvalue weighted by Crippen LogP contribution is -2.40. The molecule has 0 radical (unpaired) electrons. The lowest BCUT2D eigenvalue weighted by molar-refractivity contribution is 0.135. The predicted octanol–water partition coefficient (Wildman–Crippen LogP) is 2.52. The Kier molecular flexibility index (Phi) is 9.07. The second-order valence-electron chi connectivity index (χ2n) is 5.11. The minimum atomic E-state index is 0.696. The minimum absolute atomic E-state index is 0.696. The van der Waals surface area contributed by atoms with E-state index in [0.717, 1.165) is 49.8 Å². The van der Waals surface area contributed by atoms with Gasteiger partial charge in [-0.1, -0.05) is 31.5 Å². The van der Waals surface area contributed by atoms with Gasteiger partial charge in [-0.3, -0.25) is 4.99 Å². The average Bonchev–Trinajstić information content (AvgIpc) is 2.54. The van der Waals surface area contributed by atoms with E-state index in [1.165, 1.54) is 0 Å². The van der Waals surface area contributed by atoms with Crippen LogP contribution in [0.5, 0.6) is 5.75 Å². The van der Waals surface area contributed by atoms with Crippen LogP contribution >= 0.6 is 0 Å². The molecule has 0 bridgehead atoms. The molecule has 0 fully saturated rings. The summed E-state index contributed by atoms with van der Waals surface area (Å²) in [5.41, 5.74) is 1.13. The van der Waals surface area contributed by atoms with Crippen molar-refractivity contribution >= 4 is 5.96 Å². The monoisotopic (exact) mass is 307 g/mol. The van der Waals surface area contributed by atoms with Crippen molar-refractivity contribution in [1.82, 2.24) is 10.2 Å². The molecule has 0 heterocycles. The number of rotatable bonds is 9. The van der Waals surface area contributed by atoms with E-state index in [9.17, 15) is 0 Å². The average molecular weight is 307 g/mol. The van der Waals surface area contributed by atoms with Gasteiger partial charge in [0.05, 0.1) is 13.7 Å². The minimum Gasteiger partial charge on any atom is -0.496 e. The Morgan fingerprint density at radius 2 is 2.05 bits per heavy atom. The van der Waals surface area contributed by atoms with Gasteiger partial charge in [0.2, 0.25) is 0 Å². The first-order chi connectivity index (χ1) is 10.7. The van der Waals surface area contributed by atoms with Crippen molar-refractivity contribution in [1.29, 1.82) is 0 Å². The number of hydrogen-bond donors (Lipinski definition) is 1. The van der Waals surface area contributed by atoms with E-state index in [1.807, 2.05) is 25.2 Å². The lowest BCUT2D eigenvalue weighted by atomic mass is 10.2. The topological polar surface area (TPSA) is 46.1 Å². The molecule has 0 aromatic heterocycles. The van der Waals surface area contributed by atoms with Crippen molar-refractivity contribution in [2.45, 2.75) is 26.3 Å². The maximum absolute atomic E-state index is 5.55. The molecule has 0 aliphatic heterocycles. The van der Waals surface area contributed by atoms with Gasteiger partial charge in [0.25, 0.3) is 0 Å². The molecule has 0 saturated heterocycles. The van der Waals surface area contributed by atoms with Crippen molar-refractivity contribution in [3.63, 3.8) is 0 Å². The van der Waals surface area contributed by atoms with Crippen molar-refractivity contribution in [2.24, 2.45) is 4.99 Å². The zero-order chi connectivity index (χ0) is 16.2. The number of nitrogens with zero attached hydrogens (tertiary/aromatic N) is 2. The molecule has 1 N–H and O–H groups in total. The third-order valence-corrected chi connectivity index (χ3v) is 3.35. The maximum atomic E-state index is 5.55. The summed E-state index contributed by atoms with van der Waals surface area (Å²) in [6, 6.07) is 8.03. The van der Waals surface area contributed by atoms with E-state index in [0.29, 0.717) is 6.61 Å². The Bertz CT molecular complexity index is 449. The van der Waals surface area contributed by atoms with E-state index in [1.54, 1.807) is 14.2 Å². The highest BCUT2D eigenvalue weighted by atomic mass is 16.5. The van der Waals surface area contributed by atoms with E-state index in [2.05, 4.69) is 28.2 Å². The lowest BCUT2D eigenvalue weighted by Gasteiger charge is -2.23. The SMILES string of the molecule is CCCCOCCNC(=NC)N(C)Cc1ccccc1OC. The fourth-order valence-corrected chi connectivity index (χ4v) is 2.13. The first-order valence-electron chi connectivity index (χ1n) is 7.84. The van der Waals surface area contributed by atoms with Gasteiger partial charge in [0.1, 0.15) is 5.75 Å². The van der Waals surface area contributed by atoms with Gasteiger partial charge in [-0.25, -0.2) is 0 Å². The molecular formula is C17H29N3O2. The molecule has 5 nitrogen and oxygen atoms in total. The summed E-state index contributed by atoms with van der Waals surface area (Å²) >= 11 is 0. The Balaban J connectivity index is 2.42. The molecule has 1 aromatic rings. The third-order valence-electron chi connectivity index (χ3n) is 3.35. The Morgan fingerprint density at radius 1 is 1.27 bits per heavy atom. The number of unbranched alkanes of at least 4 members (excludes halogenated alkanes) is 1. The predicted molar refractivity (Wildman–Crippen MR) is 91.5 cm³/mol. The molecule has 0 spiro atoms. The number of nitrogens with one attached hydrogen (secondary N) is 1. The highest BCUT2D eigenvalue weighted by Crippen LogP contribution is 2.18. The van der Waals surface area contributed by atoms with Crippen molar-refractivity contribution in [2.75, 3.05) is 41.0 Å². The number of guanidine groups is 1. The van der Waals surface area contributed by atoms with Crippen LogP contribution in [0.25, 0.3) is 0 Å². The molecule has 22 heavy (non-hydrogen) atoms. The van der Waals surface area contributed by atoms with Crippen LogP contribution in [0.15, 0.2) is 29.3 Å². The first kappa shape index (κ1) is 18.3. The first-order valence-corrected chi connectivity index (χ1v) is 7.84. The summed E-state index contributed by atoms with van der Waals surface area (Å²) < 4.78 is 10.9. The van der Waals surface area contributed by atoms with Gasteiger partial charge in [0, 0.05) is 39.4 Å². The molecule has 1 aromatic carbocycles. The largest absolute Gasteiger partial charge is 0.496 e. The van der Waals surface area contributed by atoms with Gasteiger partial charge in [-0.05, 0) is 12.5 Å². The van der Waals surface area contributed by atoms with E-state index in [-0.39, 0.29) is 0 Å². The second-order valence-corrected chi connectivity index (χ2v) is 5.11. The molecule has 0 aliphatic rings. The van der Waals surface area contributed by atoms with Gasteiger partial charge in [-0.15, -0.1) is 0 Å². The van der Waals surface area contributed by atoms with E-state index in [4.69, 9.17) is 9.47 Å². The van der Waals surface area contributed by atoms with Crippen molar-refractivity contribution < 1.29 is 9.47 Å². The highest BCUT2D eigenvalue weighted by Gasteiger charge is 2.09.